The highest BCUT2D eigenvalue weighted by Crippen LogP contribution is 2.30. The van der Waals surface area contributed by atoms with Crippen molar-refractivity contribution in [3.63, 3.8) is 0 Å². The number of rotatable bonds is 9. The van der Waals surface area contributed by atoms with Crippen LogP contribution < -0.4 is 15.5 Å². The van der Waals surface area contributed by atoms with Crippen LogP contribution in [-0.4, -0.2) is 28.9 Å². The molecule has 2 N–H and O–H groups in total. The Hall–Kier alpha value is -4.83. The SMILES string of the molecule is CC(C)C(=O)Nc1ccc(C(=O)N/N=C/c2cccc([N+](=O)[O-])c2OC(=O)/C=C/c2ccc(Cl)cc2)cc1. The maximum absolute atomic E-state index is 12.4. The number of nitro benzene ring substituents is 1. The number of benzene rings is 3. The van der Waals surface area contributed by atoms with Crippen LogP contribution in [0.5, 0.6) is 5.75 Å². The maximum atomic E-state index is 12.4. The number of carbonyl (C=O) groups excluding carboxylic acids is 3. The zero-order valence-electron chi connectivity index (χ0n) is 20.4. The largest absolute Gasteiger partial charge is 0.415 e. The van der Waals surface area contributed by atoms with E-state index in [9.17, 15) is 24.5 Å². The molecule has 38 heavy (non-hydrogen) atoms. The predicted octanol–water partition coefficient (Wildman–Crippen LogP) is 5.23. The average Bonchev–Trinajstić information content (AvgIpc) is 2.89. The molecule has 0 bridgehead atoms. The first-order valence-corrected chi connectivity index (χ1v) is 11.7. The van der Waals surface area contributed by atoms with Gasteiger partial charge in [0.2, 0.25) is 11.7 Å². The Morgan fingerprint density at radius 2 is 1.71 bits per heavy atom. The quantitative estimate of drug-likeness (QED) is 0.0962. The highest BCUT2D eigenvalue weighted by atomic mass is 35.5. The molecule has 0 unspecified atom stereocenters. The van der Waals surface area contributed by atoms with Crippen LogP contribution in [0.3, 0.4) is 0 Å². The molecule has 0 atom stereocenters. The van der Waals surface area contributed by atoms with E-state index >= 15 is 0 Å². The molecule has 0 saturated heterocycles. The van der Waals surface area contributed by atoms with Crippen molar-refractivity contribution in [2.75, 3.05) is 5.32 Å². The Kier molecular flexibility index (Phi) is 9.44. The second-order valence-corrected chi connectivity index (χ2v) is 8.62. The Bertz CT molecular complexity index is 1400. The fraction of sp³-hybridized carbons (Fsp3) is 0.111. The maximum Gasteiger partial charge on any atom is 0.336 e. The summed E-state index contributed by atoms with van der Waals surface area (Å²) in [7, 11) is 0. The van der Waals surface area contributed by atoms with Crippen LogP contribution in [0.1, 0.15) is 35.3 Å². The molecule has 3 aromatic rings. The van der Waals surface area contributed by atoms with E-state index < -0.39 is 22.5 Å². The molecule has 0 radical (unpaired) electrons. The van der Waals surface area contributed by atoms with Gasteiger partial charge in [-0.05, 0) is 54.1 Å². The minimum absolute atomic E-state index is 0.0967. The van der Waals surface area contributed by atoms with Gasteiger partial charge in [0.15, 0.2) is 0 Å². The molecule has 10 nitrogen and oxygen atoms in total. The number of hydrogen-bond donors (Lipinski definition) is 2. The summed E-state index contributed by atoms with van der Waals surface area (Å²) in [6, 6.07) is 16.9. The number of esters is 1. The minimum atomic E-state index is -0.849. The van der Waals surface area contributed by atoms with Crippen LogP contribution in [0, 0.1) is 16.0 Å². The van der Waals surface area contributed by atoms with Crippen LogP contribution in [0.2, 0.25) is 5.02 Å². The normalized spacial score (nSPS) is 11.1. The van der Waals surface area contributed by atoms with Gasteiger partial charge in [0.25, 0.3) is 5.91 Å². The molecule has 194 valence electrons. The highest BCUT2D eigenvalue weighted by Gasteiger charge is 2.20. The summed E-state index contributed by atoms with van der Waals surface area (Å²) in [5.41, 5.74) is 3.44. The van der Waals surface area contributed by atoms with Gasteiger partial charge in [-0.1, -0.05) is 43.6 Å². The lowest BCUT2D eigenvalue weighted by molar-refractivity contribution is -0.385. The fourth-order valence-electron chi connectivity index (χ4n) is 2.99. The topological polar surface area (TPSA) is 140 Å². The zero-order valence-corrected chi connectivity index (χ0v) is 21.1. The molecule has 0 spiro atoms. The van der Waals surface area contributed by atoms with Gasteiger partial charge in [-0.3, -0.25) is 19.7 Å². The van der Waals surface area contributed by atoms with Crippen molar-refractivity contribution >= 4 is 53.0 Å². The highest BCUT2D eigenvalue weighted by molar-refractivity contribution is 6.30. The van der Waals surface area contributed by atoms with Gasteiger partial charge in [0, 0.05) is 39.9 Å². The summed E-state index contributed by atoms with van der Waals surface area (Å²) in [5.74, 6) is -2.08. The number of halogens is 1. The van der Waals surface area contributed by atoms with Crippen molar-refractivity contribution in [2.45, 2.75) is 13.8 Å². The molecule has 0 heterocycles. The van der Waals surface area contributed by atoms with Gasteiger partial charge in [-0.25, -0.2) is 10.2 Å². The summed E-state index contributed by atoms with van der Waals surface area (Å²) in [6.07, 6.45) is 3.73. The Morgan fingerprint density at radius 1 is 1.03 bits per heavy atom. The summed E-state index contributed by atoms with van der Waals surface area (Å²) < 4.78 is 5.26. The van der Waals surface area contributed by atoms with Crippen molar-refractivity contribution in [3.05, 3.63) is 105 Å². The first-order valence-electron chi connectivity index (χ1n) is 11.3. The lowest BCUT2D eigenvalue weighted by Crippen LogP contribution is -2.19. The number of nitrogens with one attached hydrogen (secondary N) is 2. The summed E-state index contributed by atoms with van der Waals surface area (Å²) >= 11 is 5.84. The predicted molar refractivity (Wildman–Crippen MR) is 144 cm³/mol. The molecule has 0 aliphatic rings. The second kappa shape index (κ2) is 12.9. The van der Waals surface area contributed by atoms with Gasteiger partial charge >= 0.3 is 11.7 Å². The summed E-state index contributed by atoms with van der Waals surface area (Å²) in [6.45, 7) is 3.53. The Labute approximate surface area is 223 Å². The number of carbonyl (C=O) groups is 3. The third-order valence-corrected chi connectivity index (χ3v) is 5.27. The van der Waals surface area contributed by atoms with Crippen molar-refractivity contribution in [3.8, 4) is 5.75 Å². The number of nitro groups is 1. The minimum Gasteiger partial charge on any atom is -0.415 e. The molecule has 0 saturated carbocycles. The molecular formula is C27H23ClN4O6. The van der Waals surface area contributed by atoms with Gasteiger partial charge < -0.3 is 10.1 Å². The number of hydrazone groups is 1. The molecule has 0 aliphatic carbocycles. The molecule has 0 aromatic heterocycles. The van der Waals surface area contributed by atoms with Crippen molar-refractivity contribution < 1.29 is 24.0 Å². The molecule has 3 aromatic carbocycles. The second-order valence-electron chi connectivity index (χ2n) is 8.18. The van der Waals surface area contributed by atoms with E-state index in [4.69, 9.17) is 16.3 Å². The van der Waals surface area contributed by atoms with E-state index in [2.05, 4.69) is 15.8 Å². The third-order valence-electron chi connectivity index (χ3n) is 5.01. The number of hydrogen-bond acceptors (Lipinski definition) is 7. The summed E-state index contributed by atoms with van der Waals surface area (Å²) in [4.78, 5) is 47.4. The standard InChI is InChI=1S/C27H23ClN4O6/c1-17(2)26(34)30-22-13-9-19(10-14-22)27(35)31-29-16-20-4-3-5-23(32(36)37)25(20)38-24(33)15-8-18-6-11-21(28)12-7-18/h3-17H,1-2H3,(H,30,34)(H,31,35)/b15-8+,29-16+. The van der Waals surface area contributed by atoms with Crippen LogP contribution >= 0.6 is 11.6 Å². The van der Waals surface area contributed by atoms with Crippen molar-refractivity contribution in [2.24, 2.45) is 11.0 Å². The lowest BCUT2D eigenvalue weighted by atomic mass is 10.1. The molecular weight excluding hydrogens is 512 g/mol. The lowest BCUT2D eigenvalue weighted by Gasteiger charge is -2.08. The van der Waals surface area contributed by atoms with E-state index in [1.54, 1.807) is 50.2 Å². The average molecular weight is 535 g/mol. The van der Waals surface area contributed by atoms with Gasteiger partial charge in [-0.2, -0.15) is 5.10 Å². The molecule has 0 fully saturated rings. The van der Waals surface area contributed by atoms with Crippen LogP contribution in [0.4, 0.5) is 11.4 Å². The number of nitrogens with zero attached hydrogens (tertiary/aromatic N) is 2. The zero-order chi connectivity index (χ0) is 27.7. The number of ether oxygens (including phenoxy) is 1. The van der Waals surface area contributed by atoms with E-state index in [0.717, 1.165) is 12.3 Å². The number of amides is 2. The smallest absolute Gasteiger partial charge is 0.336 e. The molecule has 11 heteroatoms. The van der Waals surface area contributed by atoms with Crippen LogP contribution in [0.15, 0.2) is 77.9 Å². The molecule has 2 amide bonds. The molecule has 3 rings (SSSR count). The van der Waals surface area contributed by atoms with Gasteiger partial charge in [-0.15, -0.1) is 0 Å². The summed E-state index contributed by atoms with van der Waals surface area (Å²) in [5, 5.41) is 18.6. The van der Waals surface area contributed by atoms with E-state index in [0.29, 0.717) is 16.3 Å². The van der Waals surface area contributed by atoms with E-state index in [1.807, 2.05) is 0 Å². The third kappa shape index (κ3) is 7.84. The van der Waals surface area contributed by atoms with Gasteiger partial charge in [0.1, 0.15) is 0 Å². The first kappa shape index (κ1) is 27.8. The van der Waals surface area contributed by atoms with Crippen molar-refractivity contribution in [1.29, 1.82) is 0 Å². The number of para-hydroxylation sites is 1. The monoisotopic (exact) mass is 534 g/mol. The molecule has 0 aliphatic heterocycles. The fourth-order valence-corrected chi connectivity index (χ4v) is 3.11. The van der Waals surface area contributed by atoms with E-state index in [1.165, 1.54) is 36.4 Å². The van der Waals surface area contributed by atoms with Crippen molar-refractivity contribution in [1.82, 2.24) is 5.43 Å². The van der Waals surface area contributed by atoms with E-state index in [-0.39, 0.29) is 28.7 Å². The van der Waals surface area contributed by atoms with Crippen LogP contribution in [-0.2, 0) is 9.59 Å². The van der Waals surface area contributed by atoms with Crippen LogP contribution in [0.25, 0.3) is 6.08 Å². The number of anilines is 1. The Morgan fingerprint density at radius 3 is 2.34 bits per heavy atom. The first-order chi connectivity index (χ1) is 18.1. The van der Waals surface area contributed by atoms with Gasteiger partial charge in [0.05, 0.1) is 11.1 Å². The Balaban J connectivity index is 1.71.